The SMILES string of the molecule is Cc1ccc(Br)c(C#CCO)c1. The van der Waals surface area contributed by atoms with Gasteiger partial charge in [0.05, 0.1) is 0 Å². The van der Waals surface area contributed by atoms with E-state index < -0.39 is 0 Å². The van der Waals surface area contributed by atoms with Crippen LogP contribution in [0.5, 0.6) is 0 Å². The van der Waals surface area contributed by atoms with Crippen molar-refractivity contribution in [2.24, 2.45) is 0 Å². The van der Waals surface area contributed by atoms with Gasteiger partial charge in [0.25, 0.3) is 0 Å². The minimum absolute atomic E-state index is 0.0968. The molecular formula is C10H9BrO. The lowest BCUT2D eigenvalue weighted by Gasteiger charge is -1.96. The summed E-state index contributed by atoms with van der Waals surface area (Å²) in [7, 11) is 0. The summed E-state index contributed by atoms with van der Waals surface area (Å²) in [6.45, 7) is 1.91. The second-order valence-electron chi connectivity index (χ2n) is 2.44. The van der Waals surface area contributed by atoms with Crippen LogP contribution in [0.3, 0.4) is 0 Å². The minimum Gasteiger partial charge on any atom is -0.384 e. The fourth-order valence-corrected chi connectivity index (χ4v) is 1.22. The van der Waals surface area contributed by atoms with Crippen LogP contribution in [-0.4, -0.2) is 11.7 Å². The van der Waals surface area contributed by atoms with Gasteiger partial charge < -0.3 is 5.11 Å². The molecule has 0 radical (unpaired) electrons. The zero-order valence-corrected chi connectivity index (χ0v) is 8.35. The van der Waals surface area contributed by atoms with Crippen LogP contribution in [0, 0.1) is 18.8 Å². The molecule has 0 amide bonds. The van der Waals surface area contributed by atoms with Crippen LogP contribution in [0.1, 0.15) is 11.1 Å². The molecule has 0 heterocycles. The maximum Gasteiger partial charge on any atom is 0.104 e. The molecule has 0 aliphatic heterocycles. The van der Waals surface area contributed by atoms with Crippen molar-refractivity contribution in [3.8, 4) is 11.8 Å². The molecule has 1 N–H and O–H groups in total. The molecule has 0 aliphatic rings. The average molecular weight is 225 g/mol. The van der Waals surface area contributed by atoms with Crippen molar-refractivity contribution >= 4 is 15.9 Å². The lowest BCUT2D eigenvalue weighted by Crippen LogP contribution is -1.81. The molecule has 0 aromatic heterocycles. The smallest absolute Gasteiger partial charge is 0.104 e. The molecule has 1 nitrogen and oxygen atoms in total. The molecule has 0 atom stereocenters. The number of halogens is 1. The molecule has 0 saturated carbocycles. The van der Waals surface area contributed by atoms with E-state index in [0.29, 0.717) is 0 Å². The van der Waals surface area contributed by atoms with Crippen molar-refractivity contribution in [1.82, 2.24) is 0 Å². The quantitative estimate of drug-likeness (QED) is 0.670. The van der Waals surface area contributed by atoms with E-state index in [0.717, 1.165) is 10.0 Å². The van der Waals surface area contributed by atoms with E-state index >= 15 is 0 Å². The number of aryl methyl sites for hydroxylation is 1. The van der Waals surface area contributed by atoms with Crippen molar-refractivity contribution in [3.05, 3.63) is 33.8 Å². The van der Waals surface area contributed by atoms with Gasteiger partial charge in [-0.15, -0.1) is 0 Å². The normalized spacial score (nSPS) is 8.92. The highest BCUT2D eigenvalue weighted by Gasteiger charge is 1.94. The van der Waals surface area contributed by atoms with E-state index in [4.69, 9.17) is 5.11 Å². The standard InChI is InChI=1S/C10H9BrO/c1-8-4-5-10(11)9(7-8)3-2-6-12/h4-5,7,12H,6H2,1H3. The molecule has 1 aromatic carbocycles. The lowest BCUT2D eigenvalue weighted by atomic mass is 10.1. The van der Waals surface area contributed by atoms with Crippen molar-refractivity contribution in [3.63, 3.8) is 0 Å². The molecule has 0 bridgehead atoms. The van der Waals surface area contributed by atoms with Gasteiger partial charge >= 0.3 is 0 Å². The average Bonchev–Trinajstić information content (AvgIpc) is 2.07. The third-order valence-electron chi connectivity index (χ3n) is 1.42. The highest BCUT2D eigenvalue weighted by Crippen LogP contribution is 2.16. The lowest BCUT2D eigenvalue weighted by molar-refractivity contribution is 0.350. The van der Waals surface area contributed by atoms with Crippen LogP contribution in [0.15, 0.2) is 22.7 Å². The van der Waals surface area contributed by atoms with E-state index in [2.05, 4.69) is 27.8 Å². The number of hydrogen-bond donors (Lipinski definition) is 1. The summed E-state index contributed by atoms with van der Waals surface area (Å²) in [6, 6.07) is 5.94. The summed E-state index contributed by atoms with van der Waals surface area (Å²) in [5, 5.41) is 8.50. The number of aliphatic hydroxyl groups excluding tert-OH is 1. The molecule has 2 heteroatoms. The van der Waals surface area contributed by atoms with E-state index in [1.165, 1.54) is 5.56 Å². The summed E-state index contributed by atoms with van der Waals surface area (Å²) in [5.74, 6) is 5.46. The summed E-state index contributed by atoms with van der Waals surface area (Å²) in [6.07, 6.45) is 0. The highest BCUT2D eigenvalue weighted by atomic mass is 79.9. The van der Waals surface area contributed by atoms with Gasteiger partial charge in [0.15, 0.2) is 0 Å². The highest BCUT2D eigenvalue weighted by molar-refractivity contribution is 9.10. The summed E-state index contributed by atoms with van der Waals surface area (Å²) < 4.78 is 0.967. The first-order valence-corrected chi connectivity index (χ1v) is 4.39. The van der Waals surface area contributed by atoms with Gasteiger partial charge in [0, 0.05) is 10.0 Å². The number of rotatable bonds is 0. The Morgan fingerprint density at radius 3 is 2.92 bits per heavy atom. The molecule has 62 valence electrons. The summed E-state index contributed by atoms with van der Waals surface area (Å²) >= 11 is 3.38. The van der Waals surface area contributed by atoms with Crippen LogP contribution in [0.25, 0.3) is 0 Å². The van der Waals surface area contributed by atoms with Gasteiger partial charge in [-0.3, -0.25) is 0 Å². The van der Waals surface area contributed by atoms with Crippen molar-refractivity contribution in [2.75, 3.05) is 6.61 Å². The summed E-state index contributed by atoms with van der Waals surface area (Å²) in [4.78, 5) is 0. The second kappa shape index (κ2) is 4.30. The van der Waals surface area contributed by atoms with Crippen LogP contribution in [0.2, 0.25) is 0 Å². The Morgan fingerprint density at radius 2 is 2.25 bits per heavy atom. The molecule has 1 rings (SSSR count). The first kappa shape index (κ1) is 9.31. The molecule has 0 aliphatic carbocycles. The van der Waals surface area contributed by atoms with Gasteiger partial charge in [-0.1, -0.05) is 17.9 Å². The number of benzene rings is 1. The Bertz CT molecular complexity index is 333. The van der Waals surface area contributed by atoms with Crippen molar-refractivity contribution in [1.29, 1.82) is 0 Å². The number of hydrogen-bond acceptors (Lipinski definition) is 1. The van der Waals surface area contributed by atoms with Crippen LogP contribution in [-0.2, 0) is 0 Å². The molecule has 0 fully saturated rings. The largest absolute Gasteiger partial charge is 0.384 e. The molecule has 0 spiro atoms. The van der Waals surface area contributed by atoms with Crippen molar-refractivity contribution in [2.45, 2.75) is 6.92 Å². The van der Waals surface area contributed by atoms with Crippen LogP contribution < -0.4 is 0 Å². The first-order valence-electron chi connectivity index (χ1n) is 3.60. The van der Waals surface area contributed by atoms with Crippen molar-refractivity contribution < 1.29 is 5.11 Å². The van der Waals surface area contributed by atoms with Gasteiger partial charge in [-0.25, -0.2) is 0 Å². The molecule has 1 aromatic rings. The van der Waals surface area contributed by atoms with Gasteiger partial charge in [-0.2, -0.15) is 0 Å². The Kier molecular flexibility index (Phi) is 3.33. The fourth-order valence-electron chi connectivity index (χ4n) is 0.870. The monoisotopic (exact) mass is 224 g/mol. The summed E-state index contributed by atoms with van der Waals surface area (Å²) in [5.41, 5.74) is 2.09. The predicted molar refractivity (Wildman–Crippen MR) is 52.8 cm³/mol. The maximum atomic E-state index is 8.50. The fraction of sp³-hybridized carbons (Fsp3) is 0.200. The third-order valence-corrected chi connectivity index (χ3v) is 2.12. The minimum atomic E-state index is -0.0968. The second-order valence-corrected chi connectivity index (χ2v) is 3.30. The van der Waals surface area contributed by atoms with E-state index in [9.17, 15) is 0 Å². The van der Waals surface area contributed by atoms with Gasteiger partial charge in [0.1, 0.15) is 6.61 Å². The maximum absolute atomic E-state index is 8.50. The zero-order valence-electron chi connectivity index (χ0n) is 6.76. The Hall–Kier alpha value is -0.780. The first-order chi connectivity index (χ1) is 5.74. The molecule has 0 saturated heterocycles. The van der Waals surface area contributed by atoms with E-state index in [-0.39, 0.29) is 6.61 Å². The van der Waals surface area contributed by atoms with Gasteiger partial charge in [0.2, 0.25) is 0 Å². The Morgan fingerprint density at radius 1 is 1.50 bits per heavy atom. The molecule has 12 heavy (non-hydrogen) atoms. The molecular weight excluding hydrogens is 216 g/mol. The topological polar surface area (TPSA) is 20.2 Å². The Labute approximate surface area is 80.6 Å². The third kappa shape index (κ3) is 2.37. The Balaban J connectivity index is 3.05. The van der Waals surface area contributed by atoms with E-state index in [1.54, 1.807) is 0 Å². The zero-order chi connectivity index (χ0) is 8.97. The van der Waals surface area contributed by atoms with Crippen LogP contribution >= 0.6 is 15.9 Å². The van der Waals surface area contributed by atoms with Crippen LogP contribution in [0.4, 0.5) is 0 Å². The molecule has 0 unspecified atom stereocenters. The van der Waals surface area contributed by atoms with E-state index in [1.807, 2.05) is 25.1 Å². The van der Waals surface area contributed by atoms with Gasteiger partial charge in [-0.05, 0) is 40.5 Å². The predicted octanol–water partition coefficient (Wildman–Crippen LogP) is 2.10. The number of aliphatic hydroxyl groups is 1.